The van der Waals surface area contributed by atoms with Gasteiger partial charge in [-0.3, -0.25) is 9.69 Å². The van der Waals surface area contributed by atoms with Crippen LogP contribution in [-0.2, 0) is 11.3 Å². The zero-order valence-corrected chi connectivity index (χ0v) is 12.5. The molecule has 0 unspecified atom stereocenters. The zero-order chi connectivity index (χ0) is 14.6. The molecule has 0 atom stereocenters. The highest BCUT2D eigenvalue weighted by atomic mass is 16.2. The van der Waals surface area contributed by atoms with Gasteiger partial charge < -0.3 is 11.1 Å². The smallest absolute Gasteiger partial charge is 0.244 e. The summed E-state index contributed by atoms with van der Waals surface area (Å²) in [5, 5.41) is 2.95. The van der Waals surface area contributed by atoms with Crippen molar-refractivity contribution in [2.75, 3.05) is 18.4 Å². The van der Waals surface area contributed by atoms with E-state index in [2.05, 4.69) is 30.1 Å². The van der Waals surface area contributed by atoms with Crippen LogP contribution in [0.3, 0.4) is 0 Å². The molecule has 110 valence electrons. The molecule has 1 aromatic rings. The Morgan fingerprint density at radius 2 is 2.05 bits per heavy atom. The van der Waals surface area contributed by atoms with Crippen LogP contribution in [0, 0.1) is 0 Å². The van der Waals surface area contributed by atoms with Crippen molar-refractivity contribution in [1.29, 1.82) is 0 Å². The van der Waals surface area contributed by atoms with Crippen LogP contribution in [0.2, 0.25) is 0 Å². The molecule has 2 rings (SSSR count). The van der Waals surface area contributed by atoms with Crippen LogP contribution in [-0.4, -0.2) is 29.4 Å². The van der Waals surface area contributed by atoms with Crippen LogP contribution < -0.4 is 11.1 Å². The Labute approximate surface area is 121 Å². The molecule has 0 bridgehead atoms. The minimum atomic E-state index is -0.644. The molecular formula is C16H25N3O. The first kappa shape index (κ1) is 15.0. The predicted octanol–water partition coefficient (Wildman–Crippen LogP) is 2.35. The van der Waals surface area contributed by atoms with Gasteiger partial charge in [0.05, 0.1) is 5.54 Å². The van der Waals surface area contributed by atoms with Gasteiger partial charge in [-0.1, -0.05) is 26.0 Å². The van der Waals surface area contributed by atoms with Gasteiger partial charge >= 0.3 is 0 Å². The largest absolute Gasteiger partial charge is 0.324 e. The summed E-state index contributed by atoms with van der Waals surface area (Å²) in [6.45, 7) is 7.27. The van der Waals surface area contributed by atoms with Crippen LogP contribution in [0.15, 0.2) is 24.3 Å². The van der Waals surface area contributed by atoms with Gasteiger partial charge in [0.15, 0.2) is 0 Å². The Bertz CT molecular complexity index is 465. The van der Waals surface area contributed by atoms with E-state index in [9.17, 15) is 4.79 Å². The molecule has 1 saturated carbocycles. The van der Waals surface area contributed by atoms with Crippen LogP contribution in [0.25, 0.3) is 0 Å². The third-order valence-corrected chi connectivity index (χ3v) is 4.18. The van der Waals surface area contributed by atoms with E-state index in [0.29, 0.717) is 0 Å². The first-order chi connectivity index (χ1) is 9.57. The van der Waals surface area contributed by atoms with E-state index in [1.165, 1.54) is 5.56 Å². The van der Waals surface area contributed by atoms with Gasteiger partial charge in [-0.05, 0) is 50.0 Å². The number of benzene rings is 1. The molecule has 1 amide bonds. The summed E-state index contributed by atoms with van der Waals surface area (Å²) in [6.07, 6.45) is 2.63. The van der Waals surface area contributed by atoms with Crippen LogP contribution in [0.5, 0.6) is 0 Å². The summed E-state index contributed by atoms with van der Waals surface area (Å²) in [5.74, 6) is -0.0521. The minimum Gasteiger partial charge on any atom is -0.324 e. The van der Waals surface area contributed by atoms with Crippen LogP contribution in [0.1, 0.15) is 38.7 Å². The monoisotopic (exact) mass is 275 g/mol. The molecule has 0 spiro atoms. The van der Waals surface area contributed by atoms with E-state index < -0.39 is 5.54 Å². The molecule has 0 heterocycles. The number of carbonyl (C=O) groups is 1. The molecule has 0 aromatic heterocycles. The number of carbonyl (C=O) groups excluding carboxylic acids is 1. The number of nitrogens with zero attached hydrogens (tertiary/aromatic N) is 1. The number of nitrogens with two attached hydrogens (primary N) is 1. The Morgan fingerprint density at radius 1 is 1.35 bits per heavy atom. The van der Waals surface area contributed by atoms with Crippen LogP contribution in [0.4, 0.5) is 5.69 Å². The van der Waals surface area contributed by atoms with Crippen molar-refractivity contribution < 1.29 is 4.79 Å². The van der Waals surface area contributed by atoms with Gasteiger partial charge in [-0.15, -0.1) is 0 Å². The number of anilines is 1. The van der Waals surface area contributed by atoms with Crippen molar-refractivity contribution in [2.24, 2.45) is 5.73 Å². The van der Waals surface area contributed by atoms with Gasteiger partial charge in [0.2, 0.25) is 5.91 Å². The molecule has 0 aliphatic heterocycles. The zero-order valence-electron chi connectivity index (χ0n) is 12.5. The molecule has 0 radical (unpaired) electrons. The average Bonchev–Trinajstić information content (AvgIpc) is 2.42. The Balaban J connectivity index is 2.00. The lowest BCUT2D eigenvalue weighted by molar-refractivity contribution is -0.123. The highest BCUT2D eigenvalue weighted by Gasteiger charge is 2.40. The van der Waals surface area contributed by atoms with Gasteiger partial charge in [0, 0.05) is 12.2 Å². The molecule has 4 heteroatoms. The number of nitrogens with one attached hydrogen (secondary N) is 1. The van der Waals surface area contributed by atoms with E-state index in [1.54, 1.807) is 0 Å². The van der Waals surface area contributed by atoms with E-state index >= 15 is 0 Å². The second-order valence-electron chi connectivity index (χ2n) is 5.63. The molecule has 1 aliphatic carbocycles. The van der Waals surface area contributed by atoms with Crippen molar-refractivity contribution in [3.8, 4) is 0 Å². The number of hydrogen-bond donors (Lipinski definition) is 2. The topological polar surface area (TPSA) is 58.4 Å². The summed E-state index contributed by atoms with van der Waals surface area (Å²) < 4.78 is 0. The maximum atomic E-state index is 12.1. The van der Waals surface area contributed by atoms with E-state index in [0.717, 1.165) is 44.6 Å². The Hall–Kier alpha value is -1.39. The van der Waals surface area contributed by atoms with Crippen molar-refractivity contribution in [3.63, 3.8) is 0 Å². The summed E-state index contributed by atoms with van der Waals surface area (Å²) in [6, 6.07) is 8.04. The quantitative estimate of drug-likeness (QED) is 0.838. The van der Waals surface area contributed by atoms with Crippen LogP contribution >= 0.6 is 0 Å². The molecule has 20 heavy (non-hydrogen) atoms. The fourth-order valence-corrected chi connectivity index (χ4v) is 2.49. The van der Waals surface area contributed by atoms with Gasteiger partial charge in [-0.2, -0.15) is 0 Å². The lowest BCUT2D eigenvalue weighted by Crippen LogP contribution is -2.56. The maximum Gasteiger partial charge on any atom is 0.244 e. The predicted molar refractivity (Wildman–Crippen MR) is 82.5 cm³/mol. The summed E-state index contributed by atoms with van der Waals surface area (Å²) in [5.41, 5.74) is 7.45. The van der Waals surface area contributed by atoms with Gasteiger partial charge in [0.1, 0.15) is 0 Å². The summed E-state index contributed by atoms with van der Waals surface area (Å²) >= 11 is 0. The minimum absolute atomic E-state index is 0.0521. The fourth-order valence-electron chi connectivity index (χ4n) is 2.49. The normalized spacial score (nSPS) is 16.8. The Morgan fingerprint density at radius 3 is 2.60 bits per heavy atom. The second-order valence-corrected chi connectivity index (χ2v) is 5.63. The van der Waals surface area contributed by atoms with E-state index in [-0.39, 0.29) is 5.91 Å². The molecule has 1 aromatic carbocycles. The fraction of sp³-hybridized carbons (Fsp3) is 0.562. The third kappa shape index (κ3) is 3.38. The van der Waals surface area contributed by atoms with Crippen molar-refractivity contribution in [2.45, 2.75) is 45.2 Å². The number of amides is 1. The molecule has 4 nitrogen and oxygen atoms in total. The average molecular weight is 275 g/mol. The number of hydrogen-bond acceptors (Lipinski definition) is 3. The molecule has 1 aliphatic rings. The first-order valence-corrected chi connectivity index (χ1v) is 7.49. The lowest BCUT2D eigenvalue weighted by atomic mass is 9.77. The summed E-state index contributed by atoms with van der Waals surface area (Å²) in [7, 11) is 0. The van der Waals surface area contributed by atoms with Gasteiger partial charge in [-0.25, -0.2) is 0 Å². The van der Waals surface area contributed by atoms with Crippen molar-refractivity contribution in [3.05, 3.63) is 29.8 Å². The standard InChI is InChI=1S/C16H25N3O/c1-3-19(4-2)12-13-7-5-8-14(11-13)18-15(20)16(17)9-6-10-16/h5,7-8,11H,3-4,6,9-10,12,17H2,1-2H3,(H,18,20). The number of rotatable bonds is 6. The molecular weight excluding hydrogens is 250 g/mol. The van der Waals surface area contributed by atoms with E-state index in [4.69, 9.17) is 5.73 Å². The molecule has 1 fully saturated rings. The van der Waals surface area contributed by atoms with E-state index in [1.807, 2.05) is 18.2 Å². The highest BCUT2D eigenvalue weighted by Crippen LogP contribution is 2.30. The lowest BCUT2D eigenvalue weighted by Gasteiger charge is -2.36. The summed E-state index contributed by atoms with van der Waals surface area (Å²) in [4.78, 5) is 14.5. The Kier molecular flexibility index (Phi) is 4.78. The SMILES string of the molecule is CCN(CC)Cc1cccc(NC(=O)C2(N)CCC2)c1. The molecule has 3 N–H and O–H groups in total. The van der Waals surface area contributed by atoms with Gasteiger partial charge in [0.25, 0.3) is 0 Å². The first-order valence-electron chi connectivity index (χ1n) is 7.49. The second kappa shape index (κ2) is 6.37. The van der Waals surface area contributed by atoms with Crippen molar-refractivity contribution in [1.82, 2.24) is 4.90 Å². The third-order valence-electron chi connectivity index (χ3n) is 4.18. The van der Waals surface area contributed by atoms with Crippen molar-refractivity contribution >= 4 is 11.6 Å². The highest BCUT2D eigenvalue weighted by molar-refractivity contribution is 5.98. The maximum absolute atomic E-state index is 12.1. The molecule has 0 saturated heterocycles.